The van der Waals surface area contributed by atoms with E-state index >= 15 is 0 Å². The third-order valence-corrected chi connectivity index (χ3v) is 5.49. The number of carbonyl (C=O) groups is 2. The lowest BCUT2D eigenvalue weighted by Gasteiger charge is -2.34. The molecule has 6 heteroatoms. The van der Waals surface area contributed by atoms with E-state index in [4.69, 9.17) is 11.6 Å². The number of halogens is 1. The molecule has 1 saturated carbocycles. The van der Waals surface area contributed by atoms with Gasteiger partial charge in [-0.05, 0) is 37.1 Å². The van der Waals surface area contributed by atoms with Crippen molar-refractivity contribution >= 4 is 40.0 Å². The Balaban J connectivity index is 1.42. The Kier molecular flexibility index (Phi) is 4.34. The van der Waals surface area contributed by atoms with Crippen molar-refractivity contribution in [3.05, 3.63) is 35.5 Å². The first-order chi connectivity index (χ1) is 12.1. The summed E-state index contributed by atoms with van der Waals surface area (Å²) in [7, 11) is 0. The number of aromatic nitrogens is 1. The van der Waals surface area contributed by atoms with E-state index in [1.165, 1.54) is 4.90 Å². The van der Waals surface area contributed by atoms with Crippen LogP contribution in [0.4, 0.5) is 5.82 Å². The van der Waals surface area contributed by atoms with Crippen LogP contribution in [0.2, 0.25) is 5.15 Å². The Morgan fingerprint density at radius 1 is 1.04 bits per heavy atom. The van der Waals surface area contributed by atoms with E-state index in [0.29, 0.717) is 18.0 Å². The zero-order valence-corrected chi connectivity index (χ0v) is 14.6. The molecule has 25 heavy (non-hydrogen) atoms. The molecule has 1 N–H and O–H groups in total. The zero-order valence-electron chi connectivity index (χ0n) is 13.9. The van der Waals surface area contributed by atoms with Gasteiger partial charge in [0.25, 0.3) is 0 Å². The minimum absolute atomic E-state index is 0.00983. The number of amides is 2. The number of fused-ring (bicyclic) bond motifs is 1. The first-order valence-corrected chi connectivity index (χ1v) is 9.16. The maximum absolute atomic E-state index is 11.9. The fourth-order valence-corrected chi connectivity index (χ4v) is 4.18. The largest absolute Gasteiger partial charge is 0.367 e. The van der Waals surface area contributed by atoms with Crippen molar-refractivity contribution in [2.45, 2.75) is 50.6 Å². The molecule has 0 unspecified atom stereocenters. The monoisotopic (exact) mass is 357 g/mol. The van der Waals surface area contributed by atoms with Crippen LogP contribution >= 0.6 is 11.6 Å². The van der Waals surface area contributed by atoms with Gasteiger partial charge in [0.2, 0.25) is 11.8 Å². The van der Waals surface area contributed by atoms with Gasteiger partial charge in [0.15, 0.2) is 0 Å². The summed E-state index contributed by atoms with van der Waals surface area (Å²) in [5, 5.41) is 5.98. The summed E-state index contributed by atoms with van der Waals surface area (Å²) in [6.45, 7) is 0. The van der Waals surface area contributed by atoms with Gasteiger partial charge in [0.05, 0.1) is 0 Å². The van der Waals surface area contributed by atoms with Crippen molar-refractivity contribution in [2.75, 3.05) is 5.32 Å². The van der Waals surface area contributed by atoms with Gasteiger partial charge < -0.3 is 5.32 Å². The standard InChI is InChI=1S/C19H20ClN3O2/c20-19-15-4-2-1-3-12(15)11-16(22-19)21-13-5-7-14(8-6-13)23-17(24)9-10-18(23)25/h1-4,11,13-14H,5-10H2,(H,21,22). The molecule has 0 spiro atoms. The second kappa shape index (κ2) is 6.64. The number of imide groups is 1. The Morgan fingerprint density at radius 3 is 2.44 bits per heavy atom. The molecule has 0 radical (unpaired) electrons. The highest BCUT2D eigenvalue weighted by Crippen LogP contribution is 2.30. The van der Waals surface area contributed by atoms with Crippen LogP contribution in [0.1, 0.15) is 38.5 Å². The van der Waals surface area contributed by atoms with Crippen LogP contribution in [0.25, 0.3) is 10.8 Å². The van der Waals surface area contributed by atoms with E-state index in [2.05, 4.69) is 10.3 Å². The predicted octanol–water partition coefficient (Wildman–Crippen LogP) is 3.76. The van der Waals surface area contributed by atoms with Gasteiger partial charge in [-0.2, -0.15) is 0 Å². The van der Waals surface area contributed by atoms with E-state index in [-0.39, 0.29) is 23.9 Å². The molecule has 1 aliphatic carbocycles. The lowest BCUT2D eigenvalue weighted by atomic mass is 9.90. The van der Waals surface area contributed by atoms with Crippen molar-refractivity contribution < 1.29 is 9.59 Å². The molecule has 0 bridgehead atoms. The Labute approximate surface area is 151 Å². The fraction of sp³-hybridized carbons (Fsp3) is 0.421. The van der Waals surface area contributed by atoms with E-state index in [0.717, 1.165) is 42.3 Å². The highest BCUT2D eigenvalue weighted by molar-refractivity contribution is 6.34. The summed E-state index contributed by atoms with van der Waals surface area (Å²) in [6.07, 6.45) is 4.25. The maximum atomic E-state index is 11.9. The third kappa shape index (κ3) is 3.21. The van der Waals surface area contributed by atoms with Crippen molar-refractivity contribution in [3.63, 3.8) is 0 Å². The molecule has 2 amide bonds. The van der Waals surface area contributed by atoms with Crippen molar-refractivity contribution in [3.8, 4) is 0 Å². The second-order valence-corrected chi connectivity index (χ2v) is 7.18. The van der Waals surface area contributed by atoms with Crippen LogP contribution in [0.5, 0.6) is 0 Å². The molecule has 1 aromatic heterocycles. The second-order valence-electron chi connectivity index (χ2n) is 6.83. The lowest BCUT2D eigenvalue weighted by Crippen LogP contribution is -2.43. The van der Waals surface area contributed by atoms with Crippen LogP contribution in [0.3, 0.4) is 0 Å². The van der Waals surface area contributed by atoms with Crippen molar-refractivity contribution in [1.82, 2.24) is 9.88 Å². The van der Waals surface area contributed by atoms with E-state index in [1.54, 1.807) is 0 Å². The maximum Gasteiger partial charge on any atom is 0.229 e. The van der Waals surface area contributed by atoms with Gasteiger partial charge in [0, 0.05) is 30.3 Å². The van der Waals surface area contributed by atoms with E-state index in [1.807, 2.05) is 30.3 Å². The number of hydrogen-bond donors (Lipinski definition) is 1. The molecule has 1 aromatic carbocycles. The average molecular weight is 358 g/mol. The number of hydrogen-bond acceptors (Lipinski definition) is 4. The number of nitrogens with zero attached hydrogens (tertiary/aromatic N) is 2. The van der Waals surface area contributed by atoms with E-state index < -0.39 is 0 Å². The van der Waals surface area contributed by atoms with Gasteiger partial charge in [-0.15, -0.1) is 0 Å². The summed E-state index contributed by atoms with van der Waals surface area (Å²) in [5.74, 6) is 0.759. The molecular formula is C19H20ClN3O2. The summed E-state index contributed by atoms with van der Waals surface area (Å²) >= 11 is 6.29. The number of carbonyl (C=O) groups excluding carboxylic acids is 2. The highest BCUT2D eigenvalue weighted by atomic mass is 35.5. The minimum atomic E-state index is -0.00983. The van der Waals surface area contributed by atoms with Gasteiger partial charge in [-0.1, -0.05) is 35.9 Å². The van der Waals surface area contributed by atoms with E-state index in [9.17, 15) is 9.59 Å². The van der Waals surface area contributed by atoms with Gasteiger partial charge in [-0.3, -0.25) is 14.5 Å². The number of rotatable bonds is 3. The van der Waals surface area contributed by atoms with Gasteiger partial charge >= 0.3 is 0 Å². The SMILES string of the molecule is O=C1CCC(=O)N1C1CCC(Nc2cc3ccccc3c(Cl)n2)CC1. The molecule has 5 nitrogen and oxygen atoms in total. The predicted molar refractivity (Wildman–Crippen MR) is 97.5 cm³/mol. The quantitative estimate of drug-likeness (QED) is 0.671. The molecule has 2 heterocycles. The normalized spacial score (nSPS) is 24.1. The van der Waals surface area contributed by atoms with Gasteiger partial charge in [0.1, 0.15) is 11.0 Å². The molecule has 2 aliphatic rings. The number of likely N-dealkylation sites (tertiary alicyclic amines) is 1. The van der Waals surface area contributed by atoms with Crippen LogP contribution in [-0.2, 0) is 9.59 Å². The zero-order chi connectivity index (χ0) is 17.4. The van der Waals surface area contributed by atoms with Crippen LogP contribution < -0.4 is 5.32 Å². The smallest absolute Gasteiger partial charge is 0.229 e. The number of benzene rings is 1. The first kappa shape index (κ1) is 16.3. The van der Waals surface area contributed by atoms with Gasteiger partial charge in [-0.25, -0.2) is 4.98 Å². The average Bonchev–Trinajstić information content (AvgIpc) is 2.94. The minimum Gasteiger partial charge on any atom is -0.367 e. The molecule has 1 saturated heterocycles. The molecular weight excluding hydrogens is 338 g/mol. The van der Waals surface area contributed by atoms with Crippen molar-refractivity contribution in [2.24, 2.45) is 0 Å². The Hall–Kier alpha value is -2.14. The first-order valence-electron chi connectivity index (χ1n) is 8.78. The van der Waals surface area contributed by atoms with Crippen LogP contribution in [-0.4, -0.2) is 33.8 Å². The topological polar surface area (TPSA) is 62.3 Å². The number of nitrogens with one attached hydrogen (secondary N) is 1. The lowest BCUT2D eigenvalue weighted by molar-refractivity contribution is -0.141. The Bertz CT molecular complexity index is 815. The summed E-state index contributed by atoms with van der Waals surface area (Å²) in [4.78, 5) is 29.7. The van der Waals surface area contributed by atoms with Crippen molar-refractivity contribution in [1.29, 1.82) is 0 Å². The molecule has 4 rings (SSSR count). The summed E-state index contributed by atoms with van der Waals surface area (Å²) in [5.41, 5.74) is 0. The molecule has 2 aromatic rings. The Morgan fingerprint density at radius 2 is 1.72 bits per heavy atom. The van der Waals surface area contributed by atoms with Crippen LogP contribution in [0.15, 0.2) is 30.3 Å². The number of pyridine rings is 1. The molecule has 130 valence electrons. The third-order valence-electron chi connectivity index (χ3n) is 5.20. The molecule has 2 fully saturated rings. The number of anilines is 1. The molecule has 0 atom stereocenters. The van der Waals surface area contributed by atoms with Crippen LogP contribution in [0, 0.1) is 0 Å². The summed E-state index contributed by atoms with van der Waals surface area (Å²) < 4.78 is 0. The summed E-state index contributed by atoms with van der Waals surface area (Å²) in [6, 6.07) is 10.3. The molecule has 1 aliphatic heterocycles. The fourth-order valence-electron chi connectivity index (χ4n) is 3.92. The highest BCUT2D eigenvalue weighted by Gasteiger charge is 2.36.